The summed E-state index contributed by atoms with van der Waals surface area (Å²) in [6.07, 6.45) is 1.82. The third-order valence-corrected chi connectivity index (χ3v) is 5.88. The zero-order valence-electron chi connectivity index (χ0n) is 13.9. The second kappa shape index (κ2) is 8.57. The summed E-state index contributed by atoms with van der Waals surface area (Å²) < 4.78 is 31.4. The summed E-state index contributed by atoms with van der Waals surface area (Å²) in [5.41, 5.74) is 7.15. The molecule has 1 aromatic rings. The van der Waals surface area contributed by atoms with Crippen molar-refractivity contribution < 1.29 is 17.9 Å². The number of nitrogens with two attached hydrogens (primary N) is 1. The molecule has 1 fully saturated rings. The van der Waals surface area contributed by atoms with Gasteiger partial charge in [-0.3, -0.25) is 4.79 Å². The van der Waals surface area contributed by atoms with Gasteiger partial charge < -0.3 is 15.8 Å². The van der Waals surface area contributed by atoms with Crippen LogP contribution in [-0.4, -0.2) is 51.5 Å². The van der Waals surface area contributed by atoms with Gasteiger partial charge in [0.25, 0.3) is 0 Å². The van der Waals surface area contributed by atoms with Gasteiger partial charge in [0, 0.05) is 26.7 Å². The van der Waals surface area contributed by atoms with Crippen molar-refractivity contribution in [2.45, 2.75) is 31.2 Å². The van der Waals surface area contributed by atoms with E-state index in [1.54, 1.807) is 12.1 Å². The Bertz CT molecular complexity index is 657. The van der Waals surface area contributed by atoms with E-state index in [-0.39, 0.29) is 24.8 Å². The summed E-state index contributed by atoms with van der Waals surface area (Å²) in [4.78, 5) is 11.9. The van der Waals surface area contributed by atoms with Crippen molar-refractivity contribution in [2.75, 3.05) is 26.8 Å². The summed E-state index contributed by atoms with van der Waals surface area (Å²) >= 11 is 0. The molecule has 0 spiro atoms. The first-order chi connectivity index (χ1) is 11.4. The molecule has 1 amide bonds. The number of nitrogens with zero attached hydrogens (tertiary/aromatic N) is 1. The fourth-order valence-electron chi connectivity index (χ4n) is 2.69. The maximum atomic E-state index is 12.5. The molecule has 3 N–H and O–H groups in total. The largest absolute Gasteiger partial charge is 0.383 e. The topological polar surface area (TPSA) is 102 Å². The van der Waals surface area contributed by atoms with E-state index in [4.69, 9.17) is 10.5 Å². The molecule has 1 aliphatic heterocycles. The molecule has 7 nitrogen and oxygen atoms in total. The molecule has 0 radical (unpaired) electrons. The van der Waals surface area contributed by atoms with E-state index in [0.29, 0.717) is 18.7 Å². The highest BCUT2D eigenvalue weighted by Crippen LogP contribution is 2.19. The minimum absolute atomic E-state index is 0.0524. The number of benzene rings is 1. The average molecular weight is 355 g/mol. The standard InChI is InChI=1S/C16H25N3O4S/c1-23-11-15(17)16(20)18-10-13-6-2-3-7-14(13)12-24(21,22)19-8-4-5-9-19/h2-3,6-7,15H,4-5,8-12,17H2,1H3,(H,18,20). The summed E-state index contributed by atoms with van der Waals surface area (Å²) in [5, 5.41) is 2.73. The third kappa shape index (κ3) is 5.01. The molecule has 1 unspecified atom stereocenters. The number of nitrogens with one attached hydrogen (secondary N) is 1. The van der Waals surface area contributed by atoms with Gasteiger partial charge in [-0.1, -0.05) is 24.3 Å². The molecule has 2 rings (SSSR count). The molecule has 0 bridgehead atoms. The first-order valence-corrected chi connectivity index (χ1v) is 9.62. The van der Waals surface area contributed by atoms with Crippen molar-refractivity contribution in [3.63, 3.8) is 0 Å². The van der Waals surface area contributed by atoms with Gasteiger partial charge in [-0.05, 0) is 24.0 Å². The zero-order chi connectivity index (χ0) is 17.6. The number of carbonyl (C=O) groups excluding carboxylic acids is 1. The Morgan fingerprint density at radius 2 is 1.92 bits per heavy atom. The lowest BCUT2D eigenvalue weighted by Gasteiger charge is -2.18. The number of rotatable bonds is 8. The van der Waals surface area contributed by atoms with Crippen molar-refractivity contribution in [2.24, 2.45) is 5.73 Å². The molecule has 1 heterocycles. The summed E-state index contributed by atoms with van der Waals surface area (Å²) in [5.74, 6) is -0.377. The minimum Gasteiger partial charge on any atom is -0.383 e. The van der Waals surface area contributed by atoms with E-state index in [1.807, 2.05) is 12.1 Å². The van der Waals surface area contributed by atoms with Crippen LogP contribution in [0.1, 0.15) is 24.0 Å². The van der Waals surface area contributed by atoms with E-state index < -0.39 is 16.1 Å². The van der Waals surface area contributed by atoms with Gasteiger partial charge in [-0.2, -0.15) is 0 Å². The van der Waals surface area contributed by atoms with Gasteiger partial charge in [0.2, 0.25) is 15.9 Å². The van der Waals surface area contributed by atoms with Crippen LogP contribution in [0.15, 0.2) is 24.3 Å². The first-order valence-electron chi connectivity index (χ1n) is 8.01. The number of ether oxygens (including phenoxy) is 1. The Morgan fingerprint density at radius 3 is 2.54 bits per heavy atom. The lowest BCUT2D eigenvalue weighted by molar-refractivity contribution is -0.123. The molecular formula is C16H25N3O4S. The Hall–Kier alpha value is -1.48. The van der Waals surface area contributed by atoms with Crippen molar-refractivity contribution in [1.82, 2.24) is 9.62 Å². The number of carbonyl (C=O) groups is 1. The SMILES string of the molecule is COCC(N)C(=O)NCc1ccccc1CS(=O)(=O)N1CCCC1. The van der Waals surface area contributed by atoms with Gasteiger partial charge in [0.1, 0.15) is 6.04 Å². The van der Waals surface area contributed by atoms with Crippen molar-refractivity contribution in [3.05, 3.63) is 35.4 Å². The lowest BCUT2D eigenvalue weighted by atomic mass is 10.1. The van der Waals surface area contributed by atoms with Crippen LogP contribution in [0.4, 0.5) is 0 Å². The number of methoxy groups -OCH3 is 1. The monoisotopic (exact) mass is 355 g/mol. The number of amides is 1. The Morgan fingerprint density at radius 1 is 1.29 bits per heavy atom. The normalized spacial score (nSPS) is 16.9. The van der Waals surface area contributed by atoms with Crippen LogP contribution in [-0.2, 0) is 31.9 Å². The number of sulfonamides is 1. The highest BCUT2D eigenvalue weighted by Gasteiger charge is 2.26. The lowest BCUT2D eigenvalue weighted by Crippen LogP contribution is -2.43. The van der Waals surface area contributed by atoms with E-state index in [9.17, 15) is 13.2 Å². The summed E-state index contributed by atoms with van der Waals surface area (Å²) in [6, 6.07) is 6.48. The maximum Gasteiger partial charge on any atom is 0.239 e. The minimum atomic E-state index is -3.32. The summed E-state index contributed by atoms with van der Waals surface area (Å²) in [7, 11) is -1.85. The molecule has 1 atom stereocenters. The fraction of sp³-hybridized carbons (Fsp3) is 0.562. The van der Waals surface area contributed by atoms with E-state index in [1.165, 1.54) is 11.4 Å². The predicted octanol–water partition coefficient (Wildman–Crippen LogP) is 0.202. The van der Waals surface area contributed by atoms with Gasteiger partial charge >= 0.3 is 0 Å². The predicted molar refractivity (Wildman–Crippen MR) is 91.6 cm³/mol. The smallest absolute Gasteiger partial charge is 0.239 e. The molecular weight excluding hydrogens is 330 g/mol. The second-order valence-electron chi connectivity index (χ2n) is 5.91. The Kier molecular flexibility index (Phi) is 6.73. The number of hydrogen-bond donors (Lipinski definition) is 2. The molecule has 0 saturated carbocycles. The molecule has 134 valence electrons. The molecule has 8 heteroatoms. The van der Waals surface area contributed by atoms with Crippen LogP contribution in [0.2, 0.25) is 0 Å². The zero-order valence-corrected chi connectivity index (χ0v) is 14.7. The van der Waals surface area contributed by atoms with Gasteiger partial charge in [-0.15, -0.1) is 0 Å². The molecule has 1 saturated heterocycles. The van der Waals surface area contributed by atoms with Crippen LogP contribution >= 0.6 is 0 Å². The quantitative estimate of drug-likeness (QED) is 0.694. The van der Waals surface area contributed by atoms with E-state index >= 15 is 0 Å². The van der Waals surface area contributed by atoms with E-state index in [0.717, 1.165) is 18.4 Å². The van der Waals surface area contributed by atoms with Crippen molar-refractivity contribution in [1.29, 1.82) is 0 Å². The fourth-order valence-corrected chi connectivity index (χ4v) is 4.37. The number of hydrogen-bond acceptors (Lipinski definition) is 5. The molecule has 1 aromatic carbocycles. The van der Waals surface area contributed by atoms with Crippen LogP contribution in [0, 0.1) is 0 Å². The van der Waals surface area contributed by atoms with Crippen LogP contribution in [0.25, 0.3) is 0 Å². The van der Waals surface area contributed by atoms with Crippen molar-refractivity contribution >= 4 is 15.9 Å². The van der Waals surface area contributed by atoms with Crippen LogP contribution in [0.3, 0.4) is 0 Å². The first kappa shape index (κ1) is 18.9. The highest BCUT2D eigenvalue weighted by atomic mass is 32.2. The third-order valence-electron chi connectivity index (χ3n) is 4.05. The average Bonchev–Trinajstić information content (AvgIpc) is 3.09. The second-order valence-corrected chi connectivity index (χ2v) is 7.88. The van der Waals surface area contributed by atoms with Gasteiger partial charge in [0.15, 0.2) is 0 Å². The molecule has 24 heavy (non-hydrogen) atoms. The summed E-state index contributed by atoms with van der Waals surface area (Å²) in [6.45, 7) is 1.55. The molecule has 0 aromatic heterocycles. The maximum absolute atomic E-state index is 12.5. The Labute approximate surface area is 143 Å². The van der Waals surface area contributed by atoms with Crippen LogP contribution in [0.5, 0.6) is 0 Å². The van der Waals surface area contributed by atoms with Gasteiger partial charge in [-0.25, -0.2) is 12.7 Å². The molecule has 1 aliphatic rings. The van der Waals surface area contributed by atoms with Crippen molar-refractivity contribution in [3.8, 4) is 0 Å². The van der Waals surface area contributed by atoms with Gasteiger partial charge in [0.05, 0.1) is 12.4 Å². The van der Waals surface area contributed by atoms with Crippen LogP contribution < -0.4 is 11.1 Å². The molecule has 0 aliphatic carbocycles. The Balaban J connectivity index is 2.03. The van der Waals surface area contributed by atoms with E-state index in [2.05, 4.69) is 5.32 Å². The highest BCUT2D eigenvalue weighted by molar-refractivity contribution is 7.88.